The molecule has 4 heteroatoms. The van der Waals surface area contributed by atoms with Crippen LogP contribution in [-0.4, -0.2) is 0 Å². The number of anilines is 6. The normalized spacial score (nSPS) is 14.1. The highest BCUT2D eigenvalue weighted by Gasteiger charge is 2.43. The molecule has 74 heavy (non-hydrogen) atoms. The van der Waals surface area contributed by atoms with Gasteiger partial charge in [-0.15, -0.1) is 0 Å². The SMILES string of the molecule is CC(C)c1ccc(N(c2ccc3c(c2)C(C)(C)c2cc4c(cc2-3)C(C)(C)c2cc(N(c3ccc(C(C)C)cc3)c3cccc5c3oc3ccccc35)c3ccccc3c2-4)c2cccc3c2oc2ccccc23)cc1. The van der Waals surface area contributed by atoms with Crippen LogP contribution in [0.1, 0.15) is 101 Å². The maximum Gasteiger partial charge on any atom is 0.159 e. The lowest BCUT2D eigenvalue weighted by molar-refractivity contribution is 0.652. The third kappa shape index (κ3) is 6.40. The lowest BCUT2D eigenvalue weighted by Crippen LogP contribution is -2.18. The molecule has 0 N–H and O–H groups in total. The quantitative estimate of drug-likeness (QED) is 0.152. The summed E-state index contributed by atoms with van der Waals surface area (Å²) < 4.78 is 13.6. The molecular weight excluding hydrogens is 901 g/mol. The van der Waals surface area contributed by atoms with Gasteiger partial charge >= 0.3 is 0 Å². The van der Waals surface area contributed by atoms with Crippen LogP contribution < -0.4 is 9.80 Å². The summed E-state index contributed by atoms with van der Waals surface area (Å²) in [5, 5.41) is 6.93. The first-order chi connectivity index (χ1) is 35.9. The number of rotatable bonds is 8. The highest BCUT2D eigenvalue weighted by Crippen LogP contribution is 2.60. The Bertz CT molecular complexity index is 4260. The fourth-order valence-electron chi connectivity index (χ4n) is 12.8. The van der Waals surface area contributed by atoms with Crippen LogP contribution in [-0.2, 0) is 10.8 Å². The van der Waals surface area contributed by atoms with Crippen molar-refractivity contribution < 1.29 is 8.83 Å². The van der Waals surface area contributed by atoms with Gasteiger partial charge in [0.15, 0.2) is 11.2 Å². The standard InChI is InChI=1S/C70H58N2O2/c1-41(2)43-27-31-45(32-28-43)71(61-23-15-21-53-50-18-11-13-25-64(50)73-67(53)61)47-35-36-48-55-38-59-56(39-58(55)69(5,6)57(48)37-47)66-52-20-10-9-17-49(52)63(40-60(66)70(59,7)8)72(46-33-29-44(30-34-46)42(3)4)62-24-16-22-54-51-19-12-14-26-65(51)74-68(54)62/h9-42H,1-8H3. The minimum absolute atomic E-state index is 0.291. The molecule has 0 spiro atoms. The molecule has 2 aromatic heterocycles. The molecule has 12 aromatic rings. The fourth-order valence-corrected chi connectivity index (χ4v) is 12.8. The third-order valence-corrected chi connectivity index (χ3v) is 16.8. The minimum Gasteiger partial charge on any atom is -0.454 e. The molecule has 0 aliphatic heterocycles. The Kier molecular flexibility index (Phi) is 9.64. The zero-order valence-corrected chi connectivity index (χ0v) is 43.3. The Labute approximate surface area is 433 Å². The Morgan fingerprint density at radius 2 is 0.784 bits per heavy atom. The first-order valence-electron chi connectivity index (χ1n) is 26.4. The van der Waals surface area contributed by atoms with Crippen LogP contribution in [0, 0.1) is 0 Å². The number of para-hydroxylation sites is 4. The van der Waals surface area contributed by atoms with Crippen LogP contribution in [0.3, 0.4) is 0 Å². The zero-order valence-electron chi connectivity index (χ0n) is 43.3. The molecule has 0 saturated heterocycles. The smallest absolute Gasteiger partial charge is 0.159 e. The number of benzene rings is 10. The third-order valence-electron chi connectivity index (χ3n) is 16.8. The molecule has 0 radical (unpaired) electrons. The van der Waals surface area contributed by atoms with Crippen molar-refractivity contribution in [2.75, 3.05) is 9.80 Å². The summed E-state index contributed by atoms with van der Waals surface area (Å²) in [4.78, 5) is 4.85. The topological polar surface area (TPSA) is 32.8 Å². The molecule has 0 atom stereocenters. The van der Waals surface area contributed by atoms with Crippen molar-refractivity contribution >= 4 is 88.8 Å². The summed E-state index contributed by atoms with van der Waals surface area (Å²) in [5.74, 6) is 0.851. The van der Waals surface area contributed by atoms with Crippen molar-refractivity contribution in [2.24, 2.45) is 0 Å². The van der Waals surface area contributed by atoms with E-state index in [4.69, 9.17) is 8.83 Å². The highest BCUT2D eigenvalue weighted by atomic mass is 16.3. The number of fused-ring (bicyclic) bond motifs is 14. The maximum absolute atomic E-state index is 6.82. The van der Waals surface area contributed by atoms with Crippen LogP contribution in [0.15, 0.2) is 203 Å². The second-order valence-electron chi connectivity index (χ2n) is 22.5. The molecule has 4 nitrogen and oxygen atoms in total. The minimum atomic E-state index is -0.311. The van der Waals surface area contributed by atoms with Crippen molar-refractivity contribution in [3.63, 3.8) is 0 Å². The summed E-state index contributed by atoms with van der Waals surface area (Å²) in [6.07, 6.45) is 0. The van der Waals surface area contributed by atoms with E-state index < -0.39 is 0 Å². The summed E-state index contributed by atoms with van der Waals surface area (Å²) in [6.45, 7) is 18.7. The number of furan rings is 2. The van der Waals surface area contributed by atoms with E-state index in [1.165, 1.54) is 66.4 Å². The van der Waals surface area contributed by atoms with Gasteiger partial charge in [-0.05, 0) is 152 Å². The Balaban J connectivity index is 0.933. The van der Waals surface area contributed by atoms with Crippen LogP contribution in [0.4, 0.5) is 34.1 Å². The first-order valence-corrected chi connectivity index (χ1v) is 26.4. The molecule has 2 aliphatic carbocycles. The average Bonchev–Trinajstić information content (AvgIpc) is 4.12. The van der Waals surface area contributed by atoms with Gasteiger partial charge in [-0.1, -0.05) is 171 Å². The monoisotopic (exact) mass is 958 g/mol. The van der Waals surface area contributed by atoms with Gasteiger partial charge in [0.25, 0.3) is 0 Å². The highest BCUT2D eigenvalue weighted by molar-refractivity contribution is 6.15. The maximum atomic E-state index is 6.82. The van der Waals surface area contributed by atoms with E-state index in [9.17, 15) is 0 Å². The van der Waals surface area contributed by atoms with Gasteiger partial charge in [0.05, 0.1) is 17.1 Å². The molecular formula is C70H58N2O2. The molecule has 2 heterocycles. The van der Waals surface area contributed by atoms with Crippen LogP contribution in [0.5, 0.6) is 0 Å². The van der Waals surface area contributed by atoms with Crippen LogP contribution in [0.2, 0.25) is 0 Å². The second-order valence-corrected chi connectivity index (χ2v) is 22.5. The van der Waals surface area contributed by atoms with Gasteiger partial charge in [-0.2, -0.15) is 0 Å². The van der Waals surface area contributed by atoms with Gasteiger partial charge < -0.3 is 18.6 Å². The average molecular weight is 959 g/mol. The van der Waals surface area contributed by atoms with Gasteiger partial charge in [-0.3, -0.25) is 0 Å². The second kappa shape index (κ2) is 16.1. The fraction of sp³-hybridized carbons (Fsp3) is 0.171. The van der Waals surface area contributed by atoms with E-state index in [1.807, 2.05) is 0 Å². The van der Waals surface area contributed by atoms with Gasteiger partial charge in [0.2, 0.25) is 0 Å². The summed E-state index contributed by atoms with van der Waals surface area (Å²) in [6, 6.07) is 71.9. The van der Waals surface area contributed by atoms with Crippen molar-refractivity contribution in [1.29, 1.82) is 0 Å². The predicted octanol–water partition coefficient (Wildman–Crippen LogP) is 20.4. The van der Waals surface area contributed by atoms with Crippen LogP contribution in [0.25, 0.3) is 76.9 Å². The largest absolute Gasteiger partial charge is 0.454 e. The Morgan fingerprint density at radius 1 is 0.338 bits per heavy atom. The van der Waals surface area contributed by atoms with E-state index in [0.717, 1.165) is 78.0 Å². The van der Waals surface area contributed by atoms with Crippen molar-refractivity contribution in [3.05, 3.63) is 228 Å². The molecule has 0 unspecified atom stereocenters. The van der Waals surface area contributed by atoms with E-state index in [1.54, 1.807) is 0 Å². The molecule has 0 bridgehead atoms. The summed E-state index contributed by atoms with van der Waals surface area (Å²) in [7, 11) is 0. The van der Waals surface area contributed by atoms with E-state index in [0.29, 0.717) is 11.8 Å². The Hall–Kier alpha value is -8.34. The lowest BCUT2D eigenvalue weighted by Gasteiger charge is -2.30. The van der Waals surface area contributed by atoms with E-state index >= 15 is 0 Å². The van der Waals surface area contributed by atoms with Crippen molar-refractivity contribution in [3.8, 4) is 22.3 Å². The van der Waals surface area contributed by atoms with E-state index in [2.05, 4.69) is 259 Å². The number of nitrogens with zero attached hydrogens (tertiary/aromatic N) is 2. The molecule has 0 fully saturated rings. The van der Waals surface area contributed by atoms with Gasteiger partial charge in [0, 0.05) is 54.8 Å². The number of hydrogen-bond acceptors (Lipinski definition) is 4. The van der Waals surface area contributed by atoms with E-state index in [-0.39, 0.29) is 10.8 Å². The Morgan fingerprint density at radius 3 is 1.36 bits per heavy atom. The zero-order chi connectivity index (χ0) is 50.4. The summed E-state index contributed by atoms with van der Waals surface area (Å²) >= 11 is 0. The molecule has 2 aliphatic rings. The molecule has 14 rings (SSSR count). The van der Waals surface area contributed by atoms with Crippen molar-refractivity contribution in [2.45, 2.75) is 78.1 Å². The molecule has 0 saturated carbocycles. The van der Waals surface area contributed by atoms with Crippen molar-refractivity contribution in [1.82, 2.24) is 0 Å². The molecule has 10 aromatic carbocycles. The molecule has 360 valence electrons. The summed E-state index contributed by atoms with van der Waals surface area (Å²) in [5.41, 5.74) is 22.7. The van der Waals surface area contributed by atoms with Gasteiger partial charge in [0.1, 0.15) is 11.2 Å². The first kappa shape index (κ1) is 44.4. The number of hydrogen-bond donors (Lipinski definition) is 0. The predicted molar refractivity (Wildman–Crippen MR) is 311 cm³/mol. The van der Waals surface area contributed by atoms with Crippen LogP contribution >= 0.6 is 0 Å². The lowest BCUT2D eigenvalue weighted by atomic mass is 9.79. The molecule has 0 amide bonds. The van der Waals surface area contributed by atoms with Gasteiger partial charge in [-0.25, -0.2) is 0 Å².